The number of carbonyl (C=O) groups excluding carboxylic acids is 3. The molecule has 0 aromatic rings. The Morgan fingerprint density at radius 1 is 0.263 bits per heavy atom. The van der Waals surface area contributed by atoms with E-state index in [1.165, 1.54) is 180 Å². The molecule has 0 aliphatic rings. The fourth-order valence-corrected chi connectivity index (χ4v) is 9.97. The third-order valence-electron chi connectivity index (χ3n) is 15.1. The lowest BCUT2D eigenvalue weighted by atomic mass is 10.0. The predicted molar refractivity (Wildman–Crippen MR) is 348 cm³/mol. The van der Waals surface area contributed by atoms with Crippen LogP contribution in [-0.4, -0.2) is 37.2 Å². The van der Waals surface area contributed by atoms with Crippen LogP contribution >= 0.6 is 0 Å². The van der Waals surface area contributed by atoms with Crippen molar-refractivity contribution in [2.45, 2.75) is 354 Å². The molecule has 0 aromatic heterocycles. The average Bonchev–Trinajstić information content (AvgIpc) is 3.46. The van der Waals surface area contributed by atoms with Gasteiger partial charge in [-0.1, -0.05) is 318 Å². The molecule has 462 valence electrons. The summed E-state index contributed by atoms with van der Waals surface area (Å²) < 4.78 is 17.0. The maximum Gasteiger partial charge on any atom is 0.306 e. The van der Waals surface area contributed by atoms with Crippen LogP contribution in [0.15, 0.2) is 85.1 Å². The molecule has 0 fully saturated rings. The number of allylic oxidation sites excluding steroid dienone is 14. The Hall–Kier alpha value is -3.41. The summed E-state index contributed by atoms with van der Waals surface area (Å²) in [6, 6.07) is 0. The first kappa shape index (κ1) is 76.6. The van der Waals surface area contributed by atoms with Crippen molar-refractivity contribution in [3.05, 3.63) is 85.1 Å². The van der Waals surface area contributed by atoms with Crippen molar-refractivity contribution < 1.29 is 28.6 Å². The van der Waals surface area contributed by atoms with Gasteiger partial charge in [0, 0.05) is 19.3 Å². The van der Waals surface area contributed by atoms with E-state index in [1.54, 1.807) is 0 Å². The molecule has 6 heteroatoms. The molecule has 1 unspecified atom stereocenters. The van der Waals surface area contributed by atoms with Gasteiger partial charge in [-0.25, -0.2) is 0 Å². The fraction of sp³-hybridized carbons (Fsp3) is 0.770. The Labute approximate surface area is 496 Å². The summed E-state index contributed by atoms with van der Waals surface area (Å²) in [6.45, 7) is 6.53. The normalized spacial score (nSPS) is 12.6. The first-order valence-corrected chi connectivity index (χ1v) is 34.6. The van der Waals surface area contributed by atoms with Gasteiger partial charge in [0.05, 0.1) is 0 Å². The molecular weight excluding hydrogens is 985 g/mol. The van der Waals surface area contributed by atoms with Crippen LogP contribution in [0.2, 0.25) is 0 Å². The number of unbranched alkanes of at least 4 members (excludes halogenated alkanes) is 38. The quantitative estimate of drug-likeness (QED) is 0.0261. The van der Waals surface area contributed by atoms with E-state index in [-0.39, 0.29) is 31.1 Å². The van der Waals surface area contributed by atoms with Gasteiger partial charge >= 0.3 is 17.9 Å². The highest BCUT2D eigenvalue weighted by molar-refractivity contribution is 5.71. The average molecular weight is 1120 g/mol. The maximum atomic E-state index is 12.9. The number of carbonyl (C=O) groups is 3. The lowest BCUT2D eigenvalue weighted by molar-refractivity contribution is -0.167. The van der Waals surface area contributed by atoms with Gasteiger partial charge in [-0.2, -0.15) is 0 Å². The van der Waals surface area contributed by atoms with Crippen LogP contribution in [0.5, 0.6) is 0 Å². The summed E-state index contributed by atoms with van der Waals surface area (Å²) in [6.07, 6.45) is 90.3. The molecule has 80 heavy (non-hydrogen) atoms. The molecule has 0 aliphatic carbocycles. The van der Waals surface area contributed by atoms with E-state index in [0.717, 1.165) is 128 Å². The summed E-state index contributed by atoms with van der Waals surface area (Å²) in [5, 5.41) is 0. The highest BCUT2D eigenvalue weighted by atomic mass is 16.6. The minimum Gasteiger partial charge on any atom is -0.462 e. The largest absolute Gasteiger partial charge is 0.462 e. The van der Waals surface area contributed by atoms with Gasteiger partial charge in [-0.3, -0.25) is 14.4 Å². The molecule has 6 nitrogen and oxygen atoms in total. The standard InChI is InChI=1S/C74H130O6/c1-4-7-10-13-16-19-22-25-28-31-33-35-36-37-38-40-41-43-46-49-52-55-58-61-64-67-73(76)79-70-71(69-78-72(75)66-63-60-57-54-51-48-45-30-27-24-21-18-15-12-9-6-3)80-74(77)68-65-62-59-56-53-50-47-44-42-39-34-32-29-26-23-20-17-14-11-8-5-2/h8,11,17,20-21,24,26,29-30,34,39,44-45,47,71H,4-7,9-10,12-16,18-19,22-23,25,27-28,31-33,35-38,40-43,46,48-70H2,1-3H3/b11-8-,20-17-,24-21-,29-26-,39-34-,45-30-,47-44-. The minimum atomic E-state index is -0.794. The number of esters is 3. The van der Waals surface area contributed by atoms with Crippen molar-refractivity contribution in [1.29, 1.82) is 0 Å². The first-order valence-electron chi connectivity index (χ1n) is 34.6. The van der Waals surface area contributed by atoms with Crippen LogP contribution in [0.3, 0.4) is 0 Å². The highest BCUT2D eigenvalue weighted by Gasteiger charge is 2.19. The summed E-state index contributed by atoms with van der Waals surface area (Å²) in [4.78, 5) is 38.4. The second-order valence-electron chi connectivity index (χ2n) is 23.1. The Bertz CT molecular complexity index is 1520. The van der Waals surface area contributed by atoms with Crippen molar-refractivity contribution >= 4 is 17.9 Å². The van der Waals surface area contributed by atoms with Crippen LogP contribution < -0.4 is 0 Å². The molecule has 0 amide bonds. The van der Waals surface area contributed by atoms with Gasteiger partial charge < -0.3 is 14.2 Å². The topological polar surface area (TPSA) is 78.9 Å². The van der Waals surface area contributed by atoms with Crippen molar-refractivity contribution in [2.75, 3.05) is 13.2 Å². The molecule has 0 rings (SSSR count). The molecule has 0 radical (unpaired) electrons. The van der Waals surface area contributed by atoms with Crippen LogP contribution in [0, 0.1) is 0 Å². The number of ether oxygens (including phenoxy) is 3. The van der Waals surface area contributed by atoms with E-state index in [1.807, 2.05) is 0 Å². The highest BCUT2D eigenvalue weighted by Crippen LogP contribution is 2.18. The van der Waals surface area contributed by atoms with Crippen LogP contribution in [-0.2, 0) is 28.6 Å². The zero-order valence-electron chi connectivity index (χ0n) is 53.1. The molecule has 0 bridgehead atoms. The Kier molecular flexibility index (Phi) is 65.2. The first-order chi connectivity index (χ1) is 39.5. The van der Waals surface area contributed by atoms with E-state index in [4.69, 9.17) is 14.2 Å². The van der Waals surface area contributed by atoms with Gasteiger partial charge in [-0.05, 0) is 96.3 Å². The summed E-state index contributed by atoms with van der Waals surface area (Å²) in [5.41, 5.74) is 0. The lowest BCUT2D eigenvalue weighted by Gasteiger charge is -2.18. The second kappa shape index (κ2) is 68.1. The van der Waals surface area contributed by atoms with Gasteiger partial charge in [0.15, 0.2) is 6.10 Å². The van der Waals surface area contributed by atoms with E-state index < -0.39 is 6.10 Å². The molecule has 0 N–H and O–H groups in total. The zero-order valence-corrected chi connectivity index (χ0v) is 53.1. The molecule has 0 aliphatic heterocycles. The summed E-state index contributed by atoms with van der Waals surface area (Å²) in [7, 11) is 0. The summed E-state index contributed by atoms with van der Waals surface area (Å²) in [5.74, 6) is -0.902. The number of hydrogen-bond acceptors (Lipinski definition) is 6. The Morgan fingerprint density at radius 2 is 0.487 bits per heavy atom. The second-order valence-corrected chi connectivity index (χ2v) is 23.1. The summed E-state index contributed by atoms with van der Waals surface area (Å²) >= 11 is 0. The van der Waals surface area contributed by atoms with Gasteiger partial charge in [-0.15, -0.1) is 0 Å². The lowest BCUT2D eigenvalue weighted by Crippen LogP contribution is -2.30. The van der Waals surface area contributed by atoms with Crippen LogP contribution in [0.4, 0.5) is 0 Å². The fourth-order valence-electron chi connectivity index (χ4n) is 9.97. The number of rotatable bonds is 63. The van der Waals surface area contributed by atoms with Crippen molar-refractivity contribution in [3.63, 3.8) is 0 Å². The molecule has 0 spiro atoms. The monoisotopic (exact) mass is 1110 g/mol. The maximum absolute atomic E-state index is 12.9. The van der Waals surface area contributed by atoms with E-state index in [0.29, 0.717) is 19.3 Å². The Balaban J connectivity index is 4.36. The van der Waals surface area contributed by atoms with Gasteiger partial charge in [0.25, 0.3) is 0 Å². The van der Waals surface area contributed by atoms with Crippen LogP contribution in [0.1, 0.15) is 348 Å². The van der Waals surface area contributed by atoms with Crippen LogP contribution in [0.25, 0.3) is 0 Å². The Morgan fingerprint density at radius 3 is 0.775 bits per heavy atom. The molecule has 0 aromatic carbocycles. The van der Waals surface area contributed by atoms with Crippen molar-refractivity contribution in [3.8, 4) is 0 Å². The van der Waals surface area contributed by atoms with Gasteiger partial charge in [0.2, 0.25) is 0 Å². The van der Waals surface area contributed by atoms with Crippen molar-refractivity contribution in [1.82, 2.24) is 0 Å². The third-order valence-corrected chi connectivity index (χ3v) is 15.1. The molecular formula is C74H130O6. The SMILES string of the molecule is CC/C=C\C/C=C\C/C=C\C/C=C\C/C=C\CCCCCCCC(=O)OC(COC(=O)CCCCCCC/C=C\C/C=C\CCCCCC)COC(=O)CCCCCCCCCCCCCCCCCCCCCCCCCCC. The van der Waals surface area contributed by atoms with Gasteiger partial charge in [0.1, 0.15) is 13.2 Å². The minimum absolute atomic E-state index is 0.0864. The predicted octanol–water partition coefficient (Wildman–Crippen LogP) is 23.8. The van der Waals surface area contributed by atoms with E-state index in [2.05, 4.69) is 106 Å². The zero-order chi connectivity index (χ0) is 57.8. The molecule has 0 saturated carbocycles. The van der Waals surface area contributed by atoms with Crippen molar-refractivity contribution in [2.24, 2.45) is 0 Å². The third kappa shape index (κ3) is 65.4. The molecule has 0 saturated heterocycles. The molecule has 1 atom stereocenters. The van der Waals surface area contributed by atoms with E-state index in [9.17, 15) is 14.4 Å². The smallest absolute Gasteiger partial charge is 0.306 e. The molecule has 0 heterocycles. The van der Waals surface area contributed by atoms with E-state index >= 15 is 0 Å². The number of hydrogen-bond donors (Lipinski definition) is 0.